The Balaban J connectivity index is 2.65. The minimum Gasteiger partial charge on any atom is -0.478 e. The third-order valence-corrected chi connectivity index (χ3v) is 3.21. The Hall–Kier alpha value is -1.66. The predicted octanol–water partition coefficient (Wildman–Crippen LogP) is 1.02. The summed E-state index contributed by atoms with van der Waals surface area (Å²) in [6, 6.07) is 1.87. The number of carboxylic acids is 1. The van der Waals surface area contributed by atoms with Gasteiger partial charge < -0.3 is 10.4 Å². The highest BCUT2D eigenvalue weighted by Gasteiger charge is 2.08. The standard InChI is InChI=1S/C12H16N2O3S/c1-13-11(15)8-14(2)7-10-9(5-6-18-10)3-4-12(16)17/h3-6H,7-8H2,1-2H3,(H,13,15)(H,16,17). The molecule has 1 amide bonds. The van der Waals surface area contributed by atoms with Gasteiger partial charge in [-0.2, -0.15) is 0 Å². The highest BCUT2D eigenvalue weighted by atomic mass is 32.1. The molecule has 0 spiro atoms. The van der Waals surface area contributed by atoms with Crippen molar-refractivity contribution < 1.29 is 14.7 Å². The van der Waals surface area contributed by atoms with Gasteiger partial charge in [-0.15, -0.1) is 11.3 Å². The van der Waals surface area contributed by atoms with Crippen molar-refractivity contribution >= 4 is 29.3 Å². The molecule has 1 aromatic heterocycles. The monoisotopic (exact) mass is 268 g/mol. The molecule has 0 bridgehead atoms. The Morgan fingerprint density at radius 2 is 2.28 bits per heavy atom. The number of rotatable bonds is 6. The number of nitrogens with zero attached hydrogens (tertiary/aromatic N) is 1. The van der Waals surface area contributed by atoms with E-state index in [-0.39, 0.29) is 5.91 Å². The lowest BCUT2D eigenvalue weighted by Gasteiger charge is -2.14. The van der Waals surface area contributed by atoms with Gasteiger partial charge in [0.1, 0.15) is 0 Å². The van der Waals surface area contributed by atoms with Gasteiger partial charge in [-0.3, -0.25) is 9.69 Å². The molecule has 0 aliphatic carbocycles. The van der Waals surface area contributed by atoms with E-state index < -0.39 is 5.97 Å². The first-order chi connectivity index (χ1) is 8.52. The largest absolute Gasteiger partial charge is 0.478 e. The predicted molar refractivity (Wildman–Crippen MR) is 71.4 cm³/mol. The van der Waals surface area contributed by atoms with E-state index in [0.717, 1.165) is 16.5 Å². The second-order valence-electron chi connectivity index (χ2n) is 3.82. The molecule has 18 heavy (non-hydrogen) atoms. The van der Waals surface area contributed by atoms with Crippen molar-refractivity contribution in [3.8, 4) is 0 Å². The molecule has 0 aromatic carbocycles. The van der Waals surface area contributed by atoms with Crippen molar-refractivity contribution in [2.75, 3.05) is 20.6 Å². The lowest BCUT2D eigenvalue weighted by molar-refractivity contribution is -0.131. The van der Waals surface area contributed by atoms with Crippen LogP contribution in [0.15, 0.2) is 17.5 Å². The van der Waals surface area contributed by atoms with E-state index >= 15 is 0 Å². The molecule has 5 nitrogen and oxygen atoms in total. The van der Waals surface area contributed by atoms with Gasteiger partial charge in [0.05, 0.1) is 6.54 Å². The number of thiophene rings is 1. The van der Waals surface area contributed by atoms with Gasteiger partial charge in [0, 0.05) is 24.5 Å². The van der Waals surface area contributed by atoms with Crippen LogP contribution in [-0.4, -0.2) is 42.5 Å². The van der Waals surface area contributed by atoms with Gasteiger partial charge in [-0.25, -0.2) is 4.79 Å². The van der Waals surface area contributed by atoms with E-state index in [0.29, 0.717) is 13.1 Å². The molecular formula is C12H16N2O3S. The molecule has 1 aromatic rings. The number of aliphatic carboxylic acids is 1. The Labute approximate surface area is 110 Å². The number of nitrogens with one attached hydrogen (secondary N) is 1. The van der Waals surface area contributed by atoms with E-state index in [1.807, 2.05) is 23.4 Å². The second-order valence-corrected chi connectivity index (χ2v) is 4.82. The average molecular weight is 268 g/mol. The van der Waals surface area contributed by atoms with Gasteiger partial charge in [0.15, 0.2) is 0 Å². The Morgan fingerprint density at radius 3 is 2.89 bits per heavy atom. The first kappa shape index (κ1) is 14.4. The molecule has 6 heteroatoms. The number of amides is 1. The summed E-state index contributed by atoms with van der Waals surface area (Å²) in [7, 11) is 3.45. The molecule has 2 N–H and O–H groups in total. The number of carbonyl (C=O) groups excluding carboxylic acids is 1. The second kappa shape index (κ2) is 6.93. The number of hydrogen-bond acceptors (Lipinski definition) is 4. The Kier molecular flexibility index (Phi) is 5.54. The fourth-order valence-electron chi connectivity index (χ4n) is 1.41. The molecular weight excluding hydrogens is 252 g/mol. The number of carboxylic acid groups (broad SMARTS) is 1. The average Bonchev–Trinajstić information content (AvgIpc) is 2.73. The van der Waals surface area contributed by atoms with Gasteiger partial charge in [0.2, 0.25) is 5.91 Å². The first-order valence-corrected chi connectivity index (χ1v) is 6.27. The quantitative estimate of drug-likeness (QED) is 0.756. The Morgan fingerprint density at radius 1 is 1.56 bits per heavy atom. The SMILES string of the molecule is CNC(=O)CN(C)Cc1sccc1C=CC(=O)O. The summed E-state index contributed by atoms with van der Waals surface area (Å²) in [4.78, 5) is 24.6. The number of likely N-dealkylation sites (N-methyl/N-ethyl adjacent to an activating group) is 2. The van der Waals surface area contributed by atoms with E-state index in [1.54, 1.807) is 24.5 Å². The van der Waals surface area contributed by atoms with Crippen LogP contribution >= 0.6 is 11.3 Å². The molecule has 0 saturated heterocycles. The minimum absolute atomic E-state index is 0.0447. The molecule has 0 radical (unpaired) electrons. The van der Waals surface area contributed by atoms with Crippen LogP contribution < -0.4 is 5.32 Å². The summed E-state index contributed by atoms with van der Waals surface area (Å²) in [5.74, 6) is -1.01. The number of hydrogen-bond donors (Lipinski definition) is 2. The van der Waals surface area contributed by atoms with Gasteiger partial charge >= 0.3 is 5.97 Å². The van der Waals surface area contributed by atoms with Crippen molar-refractivity contribution in [1.82, 2.24) is 10.2 Å². The zero-order valence-electron chi connectivity index (χ0n) is 10.3. The summed E-state index contributed by atoms with van der Waals surface area (Å²) in [5, 5.41) is 13.1. The van der Waals surface area contributed by atoms with Gasteiger partial charge in [-0.1, -0.05) is 0 Å². The maximum Gasteiger partial charge on any atom is 0.328 e. The molecule has 1 rings (SSSR count). The third kappa shape index (κ3) is 4.68. The van der Waals surface area contributed by atoms with Gasteiger partial charge in [-0.05, 0) is 30.1 Å². The smallest absolute Gasteiger partial charge is 0.328 e. The highest BCUT2D eigenvalue weighted by molar-refractivity contribution is 7.10. The summed E-state index contributed by atoms with van der Waals surface area (Å²) in [6.45, 7) is 0.931. The molecule has 0 fully saturated rings. The zero-order chi connectivity index (χ0) is 13.5. The molecule has 0 saturated carbocycles. The van der Waals surface area contributed by atoms with E-state index in [2.05, 4.69) is 5.32 Å². The molecule has 0 unspecified atom stereocenters. The summed E-state index contributed by atoms with van der Waals surface area (Å²) >= 11 is 1.55. The number of carbonyl (C=O) groups is 2. The van der Waals surface area contributed by atoms with Crippen LogP contribution in [0.1, 0.15) is 10.4 Å². The van der Waals surface area contributed by atoms with Crippen LogP contribution in [0, 0.1) is 0 Å². The van der Waals surface area contributed by atoms with E-state index in [4.69, 9.17) is 5.11 Å². The van der Waals surface area contributed by atoms with Crippen LogP contribution in [-0.2, 0) is 16.1 Å². The third-order valence-electron chi connectivity index (χ3n) is 2.29. The first-order valence-electron chi connectivity index (χ1n) is 5.39. The van der Waals surface area contributed by atoms with Crippen molar-refractivity contribution in [1.29, 1.82) is 0 Å². The van der Waals surface area contributed by atoms with Crippen LogP contribution in [0.25, 0.3) is 6.08 Å². The lowest BCUT2D eigenvalue weighted by Crippen LogP contribution is -2.32. The van der Waals surface area contributed by atoms with Crippen molar-refractivity contribution in [3.05, 3.63) is 28.0 Å². The fourth-order valence-corrected chi connectivity index (χ4v) is 2.36. The zero-order valence-corrected chi connectivity index (χ0v) is 11.2. The molecule has 0 aliphatic rings. The van der Waals surface area contributed by atoms with E-state index in [9.17, 15) is 9.59 Å². The minimum atomic E-state index is -0.967. The van der Waals surface area contributed by atoms with Crippen LogP contribution in [0.2, 0.25) is 0 Å². The van der Waals surface area contributed by atoms with Crippen LogP contribution in [0.4, 0.5) is 0 Å². The summed E-state index contributed by atoms with van der Waals surface area (Å²) in [5.41, 5.74) is 0.881. The normalized spacial score (nSPS) is 11.1. The van der Waals surface area contributed by atoms with E-state index in [1.165, 1.54) is 0 Å². The maximum atomic E-state index is 11.2. The lowest BCUT2D eigenvalue weighted by atomic mass is 10.2. The topological polar surface area (TPSA) is 69.6 Å². The summed E-state index contributed by atoms with van der Waals surface area (Å²) < 4.78 is 0. The maximum absolute atomic E-state index is 11.2. The molecule has 0 atom stereocenters. The van der Waals surface area contributed by atoms with Gasteiger partial charge in [0.25, 0.3) is 0 Å². The van der Waals surface area contributed by atoms with Crippen molar-refractivity contribution in [2.45, 2.75) is 6.54 Å². The van der Waals surface area contributed by atoms with Crippen molar-refractivity contribution in [2.24, 2.45) is 0 Å². The summed E-state index contributed by atoms with van der Waals surface area (Å²) in [6.07, 6.45) is 2.69. The molecule has 1 heterocycles. The van der Waals surface area contributed by atoms with Crippen LogP contribution in [0.5, 0.6) is 0 Å². The fraction of sp³-hybridized carbons (Fsp3) is 0.333. The van der Waals surface area contributed by atoms with Crippen molar-refractivity contribution in [3.63, 3.8) is 0 Å². The highest BCUT2D eigenvalue weighted by Crippen LogP contribution is 2.19. The molecule has 98 valence electrons. The Bertz CT molecular complexity index is 454. The molecule has 0 aliphatic heterocycles. The van der Waals surface area contributed by atoms with Crippen LogP contribution in [0.3, 0.4) is 0 Å².